The van der Waals surface area contributed by atoms with Gasteiger partial charge in [0.05, 0.1) is 5.92 Å². The number of rotatable bonds is 4. The Morgan fingerprint density at radius 2 is 1.85 bits per heavy atom. The van der Waals surface area contributed by atoms with Gasteiger partial charge >= 0.3 is 5.97 Å². The van der Waals surface area contributed by atoms with Crippen molar-refractivity contribution >= 4 is 27.8 Å². The number of carbonyl (C=O) groups excluding carboxylic acids is 1. The van der Waals surface area contributed by atoms with Gasteiger partial charge in [0, 0.05) is 16.9 Å². The Balaban J connectivity index is 1.85. The maximum absolute atomic E-state index is 12.1. The molecule has 2 atom stereocenters. The molecule has 0 saturated heterocycles. The molecule has 108 valence electrons. The van der Waals surface area contributed by atoms with Gasteiger partial charge in [0.1, 0.15) is 0 Å². The lowest BCUT2D eigenvalue weighted by molar-refractivity contribution is -0.144. The summed E-state index contributed by atoms with van der Waals surface area (Å²) in [7, 11) is 0. The molecule has 1 aliphatic rings. The number of halogens is 1. The van der Waals surface area contributed by atoms with Crippen LogP contribution in [0, 0.1) is 11.8 Å². The minimum Gasteiger partial charge on any atom is -0.481 e. The summed E-state index contributed by atoms with van der Waals surface area (Å²) in [5.74, 6) is -1.35. The van der Waals surface area contributed by atoms with Gasteiger partial charge in [-0.2, -0.15) is 0 Å². The molecule has 0 aromatic heterocycles. The summed E-state index contributed by atoms with van der Waals surface area (Å²) in [4.78, 5) is 23.1. The normalized spacial score (nSPS) is 22.2. The minimum atomic E-state index is -0.782. The van der Waals surface area contributed by atoms with E-state index in [4.69, 9.17) is 5.11 Å². The Labute approximate surface area is 126 Å². The van der Waals surface area contributed by atoms with Crippen molar-refractivity contribution in [1.82, 2.24) is 5.32 Å². The fourth-order valence-corrected chi connectivity index (χ4v) is 2.85. The Morgan fingerprint density at radius 3 is 2.50 bits per heavy atom. The second-order valence-corrected chi connectivity index (χ2v) is 6.16. The van der Waals surface area contributed by atoms with Gasteiger partial charge in [-0.05, 0) is 37.0 Å². The zero-order chi connectivity index (χ0) is 14.5. The third kappa shape index (κ3) is 4.07. The molecule has 0 heterocycles. The molecular weight excluding hydrogens is 322 g/mol. The fourth-order valence-electron chi connectivity index (χ4n) is 2.59. The zero-order valence-corrected chi connectivity index (χ0v) is 12.7. The molecule has 2 rings (SSSR count). The average Bonchev–Trinajstić information content (AvgIpc) is 2.46. The van der Waals surface area contributed by atoms with Gasteiger partial charge < -0.3 is 10.4 Å². The maximum atomic E-state index is 12.1. The predicted molar refractivity (Wildman–Crippen MR) is 79.1 cm³/mol. The molecule has 0 spiro atoms. The quantitative estimate of drug-likeness (QED) is 0.886. The molecule has 0 bridgehead atoms. The predicted octanol–water partition coefficient (Wildman–Crippen LogP) is 2.96. The van der Waals surface area contributed by atoms with Crippen LogP contribution in [0.4, 0.5) is 0 Å². The van der Waals surface area contributed by atoms with Gasteiger partial charge in [-0.3, -0.25) is 9.59 Å². The first-order chi connectivity index (χ1) is 9.56. The molecule has 1 aliphatic carbocycles. The molecule has 20 heavy (non-hydrogen) atoms. The van der Waals surface area contributed by atoms with Crippen LogP contribution in [0.25, 0.3) is 0 Å². The SMILES string of the molecule is O=C(O)[C@@H]1CCC[C@@H](C(=O)NCc2ccc(Br)cc2)C1. The Morgan fingerprint density at radius 1 is 1.20 bits per heavy atom. The molecule has 2 N–H and O–H groups in total. The zero-order valence-electron chi connectivity index (χ0n) is 11.1. The first-order valence-corrected chi connectivity index (χ1v) is 7.60. The van der Waals surface area contributed by atoms with Crippen molar-refractivity contribution in [3.05, 3.63) is 34.3 Å². The van der Waals surface area contributed by atoms with Crippen LogP contribution in [-0.4, -0.2) is 17.0 Å². The smallest absolute Gasteiger partial charge is 0.306 e. The minimum absolute atomic E-state index is 0.0288. The van der Waals surface area contributed by atoms with Gasteiger partial charge in [-0.1, -0.05) is 34.5 Å². The fraction of sp³-hybridized carbons (Fsp3) is 0.467. The highest BCUT2D eigenvalue weighted by atomic mass is 79.9. The third-order valence-electron chi connectivity index (χ3n) is 3.77. The Bertz CT molecular complexity index is 486. The highest BCUT2D eigenvalue weighted by Crippen LogP contribution is 2.29. The third-order valence-corrected chi connectivity index (χ3v) is 4.30. The molecule has 1 aromatic carbocycles. The Hall–Kier alpha value is -1.36. The summed E-state index contributed by atoms with van der Waals surface area (Å²) in [6, 6.07) is 7.77. The van der Waals surface area contributed by atoms with E-state index in [0.29, 0.717) is 19.4 Å². The van der Waals surface area contributed by atoms with Gasteiger partial charge in [-0.25, -0.2) is 0 Å². The molecule has 4 nitrogen and oxygen atoms in total. The molecule has 0 radical (unpaired) electrons. The summed E-state index contributed by atoms with van der Waals surface area (Å²) < 4.78 is 1.00. The van der Waals surface area contributed by atoms with Gasteiger partial charge in [0.2, 0.25) is 5.91 Å². The van der Waals surface area contributed by atoms with E-state index in [2.05, 4.69) is 21.2 Å². The van der Waals surface area contributed by atoms with Crippen LogP contribution < -0.4 is 5.32 Å². The first kappa shape index (κ1) is 15.0. The van der Waals surface area contributed by atoms with Crippen molar-refractivity contribution in [2.24, 2.45) is 11.8 Å². The lowest BCUT2D eigenvalue weighted by Crippen LogP contribution is -2.35. The van der Waals surface area contributed by atoms with E-state index in [0.717, 1.165) is 22.9 Å². The van der Waals surface area contributed by atoms with Crippen LogP contribution in [0.15, 0.2) is 28.7 Å². The monoisotopic (exact) mass is 339 g/mol. The second-order valence-electron chi connectivity index (χ2n) is 5.24. The van der Waals surface area contributed by atoms with E-state index >= 15 is 0 Å². The number of hydrogen-bond acceptors (Lipinski definition) is 2. The van der Waals surface area contributed by atoms with Crippen LogP contribution >= 0.6 is 15.9 Å². The van der Waals surface area contributed by atoms with Crippen molar-refractivity contribution in [2.75, 3.05) is 0 Å². The molecule has 1 aromatic rings. The summed E-state index contributed by atoms with van der Waals surface area (Å²) >= 11 is 3.37. The van der Waals surface area contributed by atoms with Gasteiger partial charge in [-0.15, -0.1) is 0 Å². The van der Waals surface area contributed by atoms with Crippen molar-refractivity contribution in [3.8, 4) is 0 Å². The number of amides is 1. The number of nitrogens with one attached hydrogen (secondary N) is 1. The van der Waals surface area contributed by atoms with E-state index < -0.39 is 5.97 Å². The second kappa shape index (κ2) is 6.88. The summed E-state index contributed by atoms with van der Waals surface area (Å²) in [5, 5.41) is 11.9. The largest absolute Gasteiger partial charge is 0.481 e. The van der Waals surface area contributed by atoms with Crippen molar-refractivity contribution < 1.29 is 14.7 Å². The van der Waals surface area contributed by atoms with Crippen molar-refractivity contribution in [3.63, 3.8) is 0 Å². The molecule has 1 amide bonds. The number of benzene rings is 1. The maximum Gasteiger partial charge on any atom is 0.306 e. The first-order valence-electron chi connectivity index (χ1n) is 6.81. The highest BCUT2D eigenvalue weighted by molar-refractivity contribution is 9.10. The van der Waals surface area contributed by atoms with E-state index in [1.165, 1.54) is 0 Å². The highest BCUT2D eigenvalue weighted by Gasteiger charge is 2.30. The average molecular weight is 340 g/mol. The standard InChI is InChI=1S/C15H18BrNO3/c16-13-6-4-10(5-7-13)9-17-14(18)11-2-1-3-12(8-11)15(19)20/h4-7,11-12H,1-3,8-9H2,(H,17,18)(H,19,20)/t11-,12-/m1/s1. The molecule has 5 heteroatoms. The molecule has 1 fully saturated rings. The van der Waals surface area contributed by atoms with Crippen LogP contribution in [0.3, 0.4) is 0 Å². The van der Waals surface area contributed by atoms with E-state index in [1.807, 2.05) is 24.3 Å². The number of carbonyl (C=O) groups is 2. The number of carboxylic acid groups (broad SMARTS) is 1. The van der Waals surface area contributed by atoms with E-state index in [9.17, 15) is 9.59 Å². The molecular formula is C15H18BrNO3. The van der Waals surface area contributed by atoms with E-state index in [-0.39, 0.29) is 17.7 Å². The summed E-state index contributed by atoms with van der Waals surface area (Å²) in [6.07, 6.45) is 2.75. The van der Waals surface area contributed by atoms with Crippen molar-refractivity contribution in [2.45, 2.75) is 32.2 Å². The van der Waals surface area contributed by atoms with E-state index in [1.54, 1.807) is 0 Å². The lowest BCUT2D eigenvalue weighted by Gasteiger charge is -2.25. The Kier molecular flexibility index (Phi) is 5.17. The van der Waals surface area contributed by atoms with Gasteiger partial charge in [0.25, 0.3) is 0 Å². The van der Waals surface area contributed by atoms with Crippen molar-refractivity contribution in [1.29, 1.82) is 0 Å². The van der Waals surface area contributed by atoms with Crippen LogP contribution in [0.2, 0.25) is 0 Å². The topological polar surface area (TPSA) is 66.4 Å². The summed E-state index contributed by atoms with van der Waals surface area (Å²) in [5.41, 5.74) is 1.03. The van der Waals surface area contributed by atoms with Crippen LogP contribution in [-0.2, 0) is 16.1 Å². The molecule has 0 unspecified atom stereocenters. The number of carboxylic acids is 1. The lowest BCUT2D eigenvalue weighted by atomic mass is 9.81. The van der Waals surface area contributed by atoms with Crippen LogP contribution in [0.1, 0.15) is 31.2 Å². The summed E-state index contributed by atoms with van der Waals surface area (Å²) in [6.45, 7) is 0.486. The van der Waals surface area contributed by atoms with Crippen LogP contribution in [0.5, 0.6) is 0 Å². The number of hydrogen-bond donors (Lipinski definition) is 2. The number of aliphatic carboxylic acids is 1. The molecule has 0 aliphatic heterocycles. The molecule has 1 saturated carbocycles. The van der Waals surface area contributed by atoms with Gasteiger partial charge in [0.15, 0.2) is 0 Å².